The predicted molar refractivity (Wildman–Crippen MR) is 59.0 cm³/mol. The zero-order valence-electron chi connectivity index (χ0n) is 7.68. The van der Waals surface area contributed by atoms with E-state index >= 15 is 0 Å². The minimum atomic E-state index is 0.142. The van der Waals surface area contributed by atoms with Crippen LogP contribution in [-0.4, -0.2) is 22.5 Å². The molecule has 0 aromatic carbocycles. The van der Waals surface area contributed by atoms with Gasteiger partial charge in [-0.1, -0.05) is 12.1 Å². The van der Waals surface area contributed by atoms with E-state index in [1.54, 1.807) is 18.0 Å². The molecule has 74 valence electrons. The van der Waals surface area contributed by atoms with Crippen molar-refractivity contribution in [1.82, 2.24) is 4.98 Å². The summed E-state index contributed by atoms with van der Waals surface area (Å²) in [5.74, 6) is 1.91. The molecule has 3 N–H and O–H groups in total. The van der Waals surface area contributed by atoms with Gasteiger partial charge in [0.05, 0.1) is 6.61 Å². The Morgan fingerprint density at radius 2 is 2.43 bits per heavy atom. The Morgan fingerprint density at radius 3 is 3.00 bits per heavy atom. The molecule has 2 heterocycles. The van der Waals surface area contributed by atoms with Crippen LogP contribution in [0.1, 0.15) is 11.5 Å². The average Bonchev–Trinajstić information content (AvgIpc) is 2.67. The van der Waals surface area contributed by atoms with Gasteiger partial charge in [-0.25, -0.2) is 4.98 Å². The summed E-state index contributed by atoms with van der Waals surface area (Å²) in [5, 5.41) is 8.95. The minimum absolute atomic E-state index is 0.142. The standard InChI is InChI=1S/C10H12N2OS/c11-10-2-1-7(4-12-10)8-3-9(5-13)14-6-8/h1-4,8,13H,5-6H2,(H2,11,12). The molecule has 0 fully saturated rings. The first kappa shape index (κ1) is 9.55. The summed E-state index contributed by atoms with van der Waals surface area (Å²) in [7, 11) is 0. The van der Waals surface area contributed by atoms with Crippen LogP contribution in [0.15, 0.2) is 29.3 Å². The first-order valence-electron chi connectivity index (χ1n) is 4.45. The van der Waals surface area contributed by atoms with Crippen LogP contribution in [-0.2, 0) is 0 Å². The Kier molecular flexibility index (Phi) is 2.74. The molecule has 0 saturated heterocycles. The molecule has 0 bridgehead atoms. The van der Waals surface area contributed by atoms with Crippen molar-refractivity contribution in [2.24, 2.45) is 0 Å². The second-order valence-electron chi connectivity index (χ2n) is 3.22. The molecule has 4 heteroatoms. The molecule has 1 unspecified atom stereocenters. The van der Waals surface area contributed by atoms with Crippen LogP contribution in [0, 0.1) is 0 Å². The third kappa shape index (κ3) is 1.91. The number of aliphatic hydroxyl groups excluding tert-OH is 1. The first-order chi connectivity index (χ1) is 6.79. The molecule has 0 saturated carbocycles. The van der Waals surface area contributed by atoms with E-state index < -0.39 is 0 Å². The Labute approximate surface area is 87.0 Å². The maximum atomic E-state index is 8.95. The van der Waals surface area contributed by atoms with Crippen LogP contribution in [0.25, 0.3) is 0 Å². The third-order valence-electron chi connectivity index (χ3n) is 2.23. The van der Waals surface area contributed by atoms with E-state index in [-0.39, 0.29) is 6.61 Å². The largest absolute Gasteiger partial charge is 0.391 e. The Balaban J connectivity index is 2.17. The molecule has 0 spiro atoms. The number of aromatic nitrogens is 1. The summed E-state index contributed by atoms with van der Waals surface area (Å²) in [5.41, 5.74) is 6.67. The number of hydrogen-bond acceptors (Lipinski definition) is 4. The number of aliphatic hydroxyl groups is 1. The lowest BCUT2D eigenvalue weighted by Crippen LogP contribution is -1.97. The second kappa shape index (κ2) is 4.02. The number of anilines is 1. The molecule has 1 atom stereocenters. The fraction of sp³-hybridized carbons (Fsp3) is 0.300. The van der Waals surface area contributed by atoms with E-state index in [0.717, 1.165) is 16.2 Å². The molecular weight excluding hydrogens is 196 g/mol. The molecular formula is C10H12N2OS. The van der Waals surface area contributed by atoms with Gasteiger partial charge in [0.15, 0.2) is 0 Å². The zero-order valence-corrected chi connectivity index (χ0v) is 8.50. The smallest absolute Gasteiger partial charge is 0.123 e. The number of nitrogens with two attached hydrogens (primary N) is 1. The monoisotopic (exact) mass is 208 g/mol. The highest BCUT2D eigenvalue weighted by molar-refractivity contribution is 8.03. The lowest BCUT2D eigenvalue weighted by molar-refractivity contribution is 0.339. The predicted octanol–water partition coefficient (Wildman–Crippen LogP) is 1.37. The van der Waals surface area contributed by atoms with E-state index in [9.17, 15) is 0 Å². The van der Waals surface area contributed by atoms with Crippen molar-refractivity contribution in [3.05, 3.63) is 34.9 Å². The summed E-state index contributed by atoms with van der Waals surface area (Å²) in [6.45, 7) is 0.142. The molecule has 1 aliphatic rings. The molecule has 0 radical (unpaired) electrons. The maximum Gasteiger partial charge on any atom is 0.123 e. The number of nitrogens with zero attached hydrogens (tertiary/aromatic N) is 1. The number of thioether (sulfide) groups is 1. The van der Waals surface area contributed by atoms with E-state index in [1.165, 1.54) is 0 Å². The van der Waals surface area contributed by atoms with Gasteiger partial charge < -0.3 is 10.8 Å². The number of hydrogen-bond donors (Lipinski definition) is 2. The van der Waals surface area contributed by atoms with Crippen molar-refractivity contribution in [3.8, 4) is 0 Å². The third-order valence-corrected chi connectivity index (χ3v) is 3.39. The molecule has 3 nitrogen and oxygen atoms in total. The van der Waals surface area contributed by atoms with Gasteiger partial charge >= 0.3 is 0 Å². The van der Waals surface area contributed by atoms with Crippen molar-refractivity contribution in [2.45, 2.75) is 5.92 Å². The number of allylic oxidation sites excluding steroid dienone is 1. The Morgan fingerprint density at radius 1 is 1.57 bits per heavy atom. The fourth-order valence-electron chi connectivity index (χ4n) is 1.44. The lowest BCUT2D eigenvalue weighted by atomic mass is 10.0. The van der Waals surface area contributed by atoms with Crippen molar-refractivity contribution in [2.75, 3.05) is 18.1 Å². The number of pyridine rings is 1. The lowest BCUT2D eigenvalue weighted by Gasteiger charge is -2.05. The summed E-state index contributed by atoms with van der Waals surface area (Å²) in [6.07, 6.45) is 3.90. The average molecular weight is 208 g/mol. The highest BCUT2D eigenvalue weighted by Crippen LogP contribution is 2.34. The summed E-state index contributed by atoms with van der Waals surface area (Å²) in [6, 6.07) is 3.80. The van der Waals surface area contributed by atoms with E-state index in [1.807, 2.05) is 12.1 Å². The van der Waals surface area contributed by atoms with Crippen molar-refractivity contribution < 1.29 is 5.11 Å². The van der Waals surface area contributed by atoms with Crippen molar-refractivity contribution >= 4 is 17.6 Å². The van der Waals surface area contributed by atoms with Gasteiger partial charge in [-0.15, -0.1) is 11.8 Å². The fourth-order valence-corrected chi connectivity index (χ4v) is 2.48. The van der Waals surface area contributed by atoms with Crippen LogP contribution in [0.5, 0.6) is 0 Å². The Hall–Kier alpha value is -1.00. The minimum Gasteiger partial charge on any atom is -0.391 e. The van der Waals surface area contributed by atoms with Gasteiger partial charge in [0.2, 0.25) is 0 Å². The molecule has 2 rings (SSSR count). The molecule has 1 aromatic heterocycles. The van der Waals surface area contributed by atoms with Crippen LogP contribution >= 0.6 is 11.8 Å². The first-order valence-corrected chi connectivity index (χ1v) is 5.44. The van der Waals surface area contributed by atoms with Gasteiger partial charge in [-0.2, -0.15) is 0 Å². The van der Waals surface area contributed by atoms with E-state index in [4.69, 9.17) is 10.8 Å². The highest BCUT2D eigenvalue weighted by Gasteiger charge is 2.17. The topological polar surface area (TPSA) is 59.1 Å². The van der Waals surface area contributed by atoms with Crippen molar-refractivity contribution in [1.29, 1.82) is 0 Å². The highest BCUT2D eigenvalue weighted by atomic mass is 32.2. The van der Waals surface area contributed by atoms with E-state index in [2.05, 4.69) is 11.1 Å². The van der Waals surface area contributed by atoms with Crippen LogP contribution < -0.4 is 5.73 Å². The molecule has 0 aliphatic carbocycles. The molecule has 0 amide bonds. The second-order valence-corrected chi connectivity index (χ2v) is 4.37. The maximum absolute atomic E-state index is 8.95. The quantitative estimate of drug-likeness (QED) is 0.770. The van der Waals surface area contributed by atoms with Crippen LogP contribution in [0.4, 0.5) is 5.82 Å². The number of rotatable bonds is 2. The summed E-state index contributed by atoms with van der Waals surface area (Å²) >= 11 is 1.70. The number of nitrogen functional groups attached to an aromatic ring is 1. The summed E-state index contributed by atoms with van der Waals surface area (Å²) < 4.78 is 0. The van der Waals surface area contributed by atoms with Gasteiger partial charge in [-0.05, 0) is 11.6 Å². The zero-order chi connectivity index (χ0) is 9.97. The van der Waals surface area contributed by atoms with E-state index in [0.29, 0.717) is 11.7 Å². The normalized spacial score (nSPS) is 20.9. The molecule has 1 aliphatic heterocycles. The van der Waals surface area contributed by atoms with Crippen LogP contribution in [0.3, 0.4) is 0 Å². The van der Waals surface area contributed by atoms with Gasteiger partial charge in [0.25, 0.3) is 0 Å². The Bertz CT molecular complexity index is 348. The molecule has 14 heavy (non-hydrogen) atoms. The van der Waals surface area contributed by atoms with Crippen LogP contribution in [0.2, 0.25) is 0 Å². The molecule has 1 aromatic rings. The van der Waals surface area contributed by atoms with Crippen molar-refractivity contribution in [3.63, 3.8) is 0 Å². The van der Waals surface area contributed by atoms with Gasteiger partial charge in [0.1, 0.15) is 5.82 Å². The summed E-state index contributed by atoms with van der Waals surface area (Å²) in [4.78, 5) is 5.10. The van der Waals surface area contributed by atoms with Gasteiger partial charge in [0, 0.05) is 22.8 Å². The SMILES string of the molecule is Nc1ccc(C2C=C(CO)SC2)cn1. The van der Waals surface area contributed by atoms with Gasteiger partial charge in [-0.3, -0.25) is 0 Å².